The third-order valence-electron chi connectivity index (χ3n) is 11.5. The highest BCUT2D eigenvalue weighted by Gasteiger charge is 2.53. The van der Waals surface area contributed by atoms with Crippen LogP contribution in [-0.2, 0) is 48.2 Å². The van der Waals surface area contributed by atoms with Crippen LogP contribution >= 0.6 is 11.3 Å². The highest BCUT2D eigenvalue weighted by atomic mass is 32.1. The molecule has 1 aromatic heterocycles. The zero-order valence-corrected chi connectivity index (χ0v) is 39.8. The number of ether oxygens (including phenoxy) is 3. The van der Waals surface area contributed by atoms with E-state index in [1.807, 2.05) is 44.2 Å². The summed E-state index contributed by atoms with van der Waals surface area (Å²) in [5.41, 5.74) is 8.38. The minimum absolute atomic E-state index is 0.0211. The van der Waals surface area contributed by atoms with Crippen LogP contribution in [0.25, 0.3) is 10.4 Å². The lowest BCUT2D eigenvalue weighted by Gasteiger charge is -2.35. The summed E-state index contributed by atoms with van der Waals surface area (Å²) in [5, 5.41) is 19.0. The number of nitrogens with zero attached hydrogens (tertiary/aromatic N) is 2. The van der Waals surface area contributed by atoms with E-state index in [2.05, 4.69) is 33.1 Å². The molecule has 15 nitrogen and oxygen atoms in total. The molecule has 1 saturated carbocycles. The number of nitrogens with one attached hydrogen (secondary N) is 3. The first kappa shape index (κ1) is 50.9. The third-order valence-corrected chi connectivity index (χ3v) is 12.5. The number of hydrogen-bond acceptors (Lipinski definition) is 11. The van der Waals surface area contributed by atoms with E-state index in [0.29, 0.717) is 25.4 Å². The Labute approximate surface area is 385 Å². The van der Waals surface area contributed by atoms with E-state index in [-0.39, 0.29) is 38.8 Å². The third kappa shape index (κ3) is 14.9. The lowest BCUT2D eigenvalue weighted by molar-refractivity contribution is -0.145. The molecule has 6 N–H and O–H groups in total. The summed E-state index contributed by atoms with van der Waals surface area (Å²) in [4.78, 5) is 71.0. The van der Waals surface area contributed by atoms with Crippen molar-refractivity contribution in [2.75, 3.05) is 13.2 Å². The summed E-state index contributed by atoms with van der Waals surface area (Å²) in [7, 11) is 0. The smallest absolute Gasteiger partial charge is 0.407 e. The molecule has 3 aromatic rings. The molecule has 1 aliphatic heterocycles. The lowest BCUT2D eigenvalue weighted by atomic mass is 9.85. The normalized spacial score (nSPS) is 18.3. The second kappa shape index (κ2) is 21.9. The van der Waals surface area contributed by atoms with Crippen molar-refractivity contribution in [1.29, 1.82) is 0 Å². The Morgan fingerprint density at radius 1 is 1.02 bits per heavy atom. The molecule has 2 fully saturated rings. The molecule has 2 heterocycles. The predicted octanol–water partition coefficient (Wildman–Crippen LogP) is 6.20. The molecule has 0 spiro atoms. The number of halogens is 1. The molecule has 5 amide bonds. The molecule has 2 aromatic carbocycles. The molecule has 1 saturated heterocycles. The first-order valence-corrected chi connectivity index (χ1v) is 23.3. The van der Waals surface area contributed by atoms with Crippen LogP contribution in [-0.4, -0.2) is 99.5 Å². The van der Waals surface area contributed by atoms with Crippen LogP contribution in [0.5, 0.6) is 5.75 Å². The second-order valence-electron chi connectivity index (χ2n) is 19.3. The standard InChI is InChI=1S/C48H67FN6O9S/c1-29-40(65-28-52-29)33-16-17-34(25-51-42(58)37-24-35(56)26-55(37)43(59)41(46(3,4)5)54-44(60)48(49)20-21-48)38(23-33)62-22-10-9-11-31-12-14-32(15-13-31)27-63-30(2)36(18-19-39(50)57)53-45(61)64-47(6,7)8/h12-17,23,28,30,35-37,41,56H,9-11,18-22,24-27H2,1-8H3,(H2,50,57)(H,51,58)(H,53,61)(H,54,60)/t30?,35-,36?,37+,41?/m1/s1. The number of benzene rings is 2. The molecule has 5 rings (SSSR count). The number of hydrogen-bond donors (Lipinski definition) is 5. The van der Waals surface area contributed by atoms with Gasteiger partial charge in [0, 0.05) is 31.5 Å². The van der Waals surface area contributed by atoms with Crippen LogP contribution < -0.4 is 26.4 Å². The van der Waals surface area contributed by atoms with Gasteiger partial charge in [-0.05, 0) is 101 Å². The number of thiazole rings is 1. The lowest BCUT2D eigenvalue weighted by Crippen LogP contribution is -2.59. The fraction of sp³-hybridized carbons (Fsp3) is 0.583. The average Bonchev–Trinajstić information content (AvgIpc) is 3.64. The SMILES string of the molecule is Cc1ncsc1-c1ccc(CNC(=O)[C@@H]2C[C@@H](O)CN2C(=O)C(NC(=O)C2(F)CC2)C(C)(C)C)c(OCCCCc2ccc(COC(C)C(CCC(N)=O)NC(=O)OC(C)(C)C)cc2)c1. The van der Waals surface area contributed by atoms with Crippen molar-refractivity contribution in [3.8, 4) is 16.2 Å². The van der Waals surface area contributed by atoms with Crippen LogP contribution in [0.15, 0.2) is 48.0 Å². The Morgan fingerprint density at radius 2 is 1.71 bits per heavy atom. The van der Waals surface area contributed by atoms with Crippen LogP contribution in [0.2, 0.25) is 0 Å². The zero-order chi connectivity index (χ0) is 47.7. The number of alkyl carbamates (subject to hydrolysis) is 1. The number of unbranched alkanes of at least 4 members (excludes halogenated alkanes) is 1. The number of primary amides is 1. The van der Waals surface area contributed by atoms with Gasteiger partial charge in [-0.15, -0.1) is 11.3 Å². The number of aliphatic hydroxyl groups is 1. The van der Waals surface area contributed by atoms with Crippen molar-refractivity contribution < 1.29 is 47.7 Å². The van der Waals surface area contributed by atoms with Gasteiger partial charge in [0.25, 0.3) is 5.91 Å². The Balaban J connectivity index is 1.15. The largest absolute Gasteiger partial charge is 0.493 e. The summed E-state index contributed by atoms with van der Waals surface area (Å²) in [6, 6.07) is 11.4. The van der Waals surface area contributed by atoms with E-state index >= 15 is 0 Å². The number of carbonyl (C=O) groups is 5. The number of likely N-dealkylation sites (tertiary alicyclic amines) is 1. The number of amides is 5. The first-order valence-electron chi connectivity index (χ1n) is 22.4. The number of aromatic nitrogens is 1. The molecule has 1 aliphatic carbocycles. The van der Waals surface area contributed by atoms with E-state index < -0.39 is 76.7 Å². The van der Waals surface area contributed by atoms with Crippen LogP contribution in [0, 0.1) is 12.3 Å². The molecular weight excluding hydrogens is 856 g/mol. The van der Waals surface area contributed by atoms with Crippen molar-refractivity contribution in [2.45, 2.75) is 162 Å². The van der Waals surface area contributed by atoms with E-state index in [1.54, 1.807) is 47.1 Å². The number of nitrogens with two attached hydrogens (primary N) is 1. The molecule has 65 heavy (non-hydrogen) atoms. The van der Waals surface area contributed by atoms with Gasteiger partial charge in [0.05, 0.1) is 47.5 Å². The molecule has 2 aliphatic rings. The fourth-order valence-corrected chi connectivity index (χ4v) is 8.32. The van der Waals surface area contributed by atoms with Crippen molar-refractivity contribution in [3.05, 3.63) is 70.4 Å². The molecule has 0 bridgehead atoms. The molecule has 356 valence electrons. The van der Waals surface area contributed by atoms with Crippen molar-refractivity contribution in [3.63, 3.8) is 0 Å². The Bertz CT molecular complexity index is 2130. The number of β-amino-alcohol motifs (C(OH)–C–C–N with tert-alkyl or cyclic N) is 1. The maximum Gasteiger partial charge on any atom is 0.407 e. The minimum Gasteiger partial charge on any atom is -0.493 e. The second-order valence-corrected chi connectivity index (χ2v) is 20.2. The van der Waals surface area contributed by atoms with Crippen molar-refractivity contribution in [1.82, 2.24) is 25.8 Å². The number of aliphatic hydroxyl groups excluding tert-OH is 1. The highest BCUT2D eigenvalue weighted by molar-refractivity contribution is 7.13. The maximum atomic E-state index is 14.6. The summed E-state index contributed by atoms with van der Waals surface area (Å²) < 4.78 is 32.5. The Morgan fingerprint density at radius 3 is 2.32 bits per heavy atom. The zero-order valence-electron chi connectivity index (χ0n) is 39.0. The first-order chi connectivity index (χ1) is 30.5. The maximum absolute atomic E-state index is 14.6. The molecular formula is C48H67FN6O9S. The number of carbonyl (C=O) groups excluding carboxylic acids is 5. The van der Waals surface area contributed by atoms with Gasteiger partial charge in [-0.2, -0.15) is 0 Å². The topological polar surface area (TPSA) is 212 Å². The van der Waals surface area contributed by atoms with Gasteiger partial charge in [0.15, 0.2) is 5.67 Å². The molecule has 17 heteroatoms. The summed E-state index contributed by atoms with van der Waals surface area (Å²) >= 11 is 1.52. The molecule has 0 radical (unpaired) electrons. The van der Waals surface area contributed by atoms with Gasteiger partial charge in [-0.1, -0.05) is 57.2 Å². The van der Waals surface area contributed by atoms with Gasteiger partial charge in [-0.25, -0.2) is 14.2 Å². The number of aryl methyl sites for hydroxylation is 2. The van der Waals surface area contributed by atoms with Crippen LogP contribution in [0.1, 0.15) is 116 Å². The number of alkyl halides is 1. The van der Waals surface area contributed by atoms with Crippen LogP contribution in [0.4, 0.5) is 9.18 Å². The van der Waals surface area contributed by atoms with Crippen LogP contribution in [0.3, 0.4) is 0 Å². The van der Waals surface area contributed by atoms with Crippen molar-refractivity contribution in [2.24, 2.45) is 11.1 Å². The van der Waals surface area contributed by atoms with Gasteiger partial charge in [-0.3, -0.25) is 19.2 Å². The predicted molar refractivity (Wildman–Crippen MR) is 245 cm³/mol. The van der Waals surface area contributed by atoms with E-state index in [9.17, 15) is 33.5 Å². The molecule has 3 unspecified atom stereocenters. The monoisotopic (exact) mass is 922 g/mol. The fourth-order valence-electron chi connectivity index (χ4n) is 7.51. The van der Waals surface area contributed by atoms with Gasteiger partial charge < -0.3 is 45.9 Å². The summed E-state index contributed by atoms with van der Waals surface area (Å²) in [5.74, 6) is -1.71. The summed E-state index contributed by atoms with van der Waals surface area (Å²) in [6.45, 7) is 15.1. The summed E-state index contributed by atoms with van der Waals surface area (Å²) in [6.07, 6.45) is 1.10. The van der Waals surface area contributed by atoms with E-state index in [0.717, 1.165) is 52.1 Å². The van der Waals surface area contributed by atoms with E-state index in [1.165, 1.54) is 16.2 Å². The number of rotatable bonds is 21. The minimum atomic E-state index is -1.98. The highest BCUT2D eigenvalue weighted by Crippen LogP contribution is 2.40. The Kier molecular flexibility index (Phi) is 17.1. The Hall–Kier alpha value is -5.13. The quantitative estimate of drug-likeness (QED) is 0.0765. The van der Waals surface area contributed by atoms with E-state index in [4.69, 9.17) is 19.9 Å². The molecule has 5 atom stereocenters. The van der Waals surface area contributed by atoms with Gasteiger partial charge >= 0.3 is 6.09 Å². The van der Waals surface area contributed by atoms with Crippen molar-refractivity contribution >= 4 is 41.1 Å². The van der Waals surface area contributed by atoms with Gasteiger partial charge in [0.1, 0.15) is 23.4 Å². The van der Waals surface area contributed by atoms with Gasteiger partial charge in [0.2, 0.25) is 17.7 Å². The average molecular weight is 923 g/mol.